The molecule has 2 unspecified atom stereocenters. The number of rotatable bonds is 4. The van der Waals surface area contributed by atoms with Crippen molar-refractivity contribution in [3.05, 3.63) is 22.4 Å². The van der Waals surface area contributed by atoms with E-state index in [1.807, 2.05) is 23.4 Å². The Morgan fingerprint density at radius 3 is 2.29 bits per heavy atom. The van der Waals surface area contributed by atoms with Gasteiger partial charge in [0.15, 0.2) is 0 Å². The number of fused-ring (bicyclic) bond motifs is 1. The van der Waals surface area contributed by atoms with Crippen molar-refractivity contribution in [3.8, 4) is 0 Å². The molecule has 1 aromatic heterocycles. The third-order valence-electron chi connectivity index (χ3n) is 5.54. The summed E-state index contributed by atoms with van der Waals surface area (Å²) in [6.07, 6.45) is 5.63. The number of carbonyl (C=O) groups is 1. The van der Waals surface area contributed by atoms with Crippen molar-refractivity contribution < 1.29 is 4.79 Å². The van der Waals surface area contributed by atoms with Gasteiger partial charge in [-0.25, -0.2) is 0 Å². The predicted octanol–water partition coefficient (Wildman–Crippen LogP) is 2.87. The molecule has 0 aliphatic heterocycles. The molecule has 1 heterocycles. The van der Waals surface area contributed by atoms with E-state index in [-0.39, 0.29) is 5.91 Å². The second kappa shape index (κ2) is 6.09. The Hall–Kier alpha value is -0.870. The quantitative estimate of drug-likeness (QED) is 0.854. The smallest absolute Gasteiger partial charge is 0.227 e. The lowest BCUT2D eigenvalue weighted by Crippen LogP contribution is -2.37. The van der Waals surface area contributed by atoms with Crippen LogP contribution in [-0.2, 0) is 11.2 Å². The molecule has 0 N–H and O–H groups in total. The van der Waals surface area contributed by atoms with Crippen LogP contribution < -0.4 is 0 Å². The summed E-state index contributed by atoms with van der Waals surface area (Å²) in [5.41, 5.74) is 0. The van der Waals surface area contributed by atoms with E-state index in [1.54, 1.807) is 11.3 Å². The molecule has 4 heteroatoms. The molecule has 4 atom stereocenters. The normalized spacial score (nSPS) is 31.6. The number of likely N-dealkylation sites (N-methyl/N-ethyl adjacent to an activating group) is 1. The Balaban J connectivity index is 1.54. The summed E-state index contributed by atoms with van der Waals surface area (Å²) in [6.45, 7) is 0. The van der Waals surface area contributed by atoms with Gasteiger partial charge in [-0.05, 0) is 63.1 Å². The number of amides is 1. The Labute approximate surface area is 131 Å². The first-order valence-electron chi connectivity index (χ1n) is 7.99. The minimum Gasteiger partial charge on any atom is -0.342 e. The molecule has 2 aliphatic rings. The van der Waals surface area contributed by atoms with Gasteiger partial charge >= 0.3 is 0 Å². The van der Waals surface area contributed by atoms with Crippen molar-refractivity contribution in [2.75, 3.05) is 21.1 Å². The summed E-state index contributed by atoms with van der Waals surface area (Å²) < 4.78 is 0. The average molecular weight is 306 g/mol. The molecular formula is C17H26N2OS. The van der Waals surface area contributed by atoms with Crippen LogP contribution >= 0.6 is 11.3 Å². The number of hydrogen-bond acceptors (Lipinski definition) is 3. The highest BCUT2D eigenvalue weighted by Gasteiger charge is 2.43. The van der Waals surface area contributed by atoms with Gasteiger partial charge in [-0.2, -0.15) is 0 Å². The van der Waals surface area contributed by atoms with Crippen molar-refractivity contribution in [2.24, 2.45) is 11.8 Å². The number of hydrogen-bond donors (Lipinski definition) is 0. The van der Waals surface area contributed by atoms with Gasteiger partial charge in [-0.15, -0.1) is 11.3 Å². The summed E-state index contributed by atoms with van der Waals surface area (Å²) in [5.74, 6) is 1.95. The van der Waals surface area contributed by atoms with Crippen LogP contribution in [0.3, 0.4) is 0 Å². The molecule has 116 valence electrons. The Morgan fingerprint density at radius 2 is 1.76 bits per heavy atom. The molecule has 0 bridgehead atoms. The Kier molecular flexibility index (Phi) is 4.36. The van der Waals surface area contributed by atoms with Crippen LogP contribution in [-0.4, -0.2) is 48.9 Å². The SMILES string of the molecule is CN(C)C1C[C@@H]2CC(N(C)C(=O)Cc3cccs3)C[C@@H]2C1. The summed E-state index contributed by atoms with van der Waals surface area (Å²) in [4.78, 5) is 18.0. The highest BCUT2D eigenvalue weighted by Crippen LogP contribution is 2.46. The highest BCUT2D eigenvalue weighted by molar-refractivity contribution is 7.10. The molecule has 21 heavy (non-hydrogen) atoms. The fraction of sp³-hybridized carbons (Fsp3) is 0.706. The Morgan fingerprint density at radius 1 is 1.14 bits per heavy atom. The van der Waals surface area contributed by atoms with Gasteiger partial charge in [0.05, 0.1) is 6.42 Å². The van der Waals surface area contributed by atoms with Crippen LogP contribution in [0.4, 0.5) is 0 Å². The summed E-state index contributed by atoms with van der Waals surface area (Å²) in [5, 5.41) is 2.05. The van der Waals surface area contributed by atoms with E-state index in [4.69, 9.17) is 0 Å². The maximum Gasteiger partial charge on any atom is 0.227 e. The van der Waals surface area contributed by atoms with Gasteiger partial charge in [0.2, 0.25) is 5.91 Å². The largest absolute Gasteiger partial charge is 0.342 e. The van der Waals surface area contributed by atoms with Crippen LogP contribution in [0.1, 0.15) is 30.6 Å². The molecule has 2 fully saturated rings. The van der Waals surface area contributed by atoms with E-state index < -0.39 is 0 Å². The molecular weight excluding hydrogens is 280 g/mol. The molecule has 2 saturated carbocycles. The zero-order chi connectivity index (χ0) is 15.0. The van der Waals surface area contributed by atoms with Crippen molar-refractivity contribution in [2.45, 2.75) is 44.2 Å². The van der Waals surface area contributed by atoms with Gasteiger partial charge in [-0.3, -0.25) is 4.79 Å². The minimum atomic E-state index is 0.284. The van der Waals surface area contributed by atoms with E-state index in [9.17, 15) is 4.79 Å². The van der Waals surface area contributed by atoms with Crippen molar-refractivity contribution in [1.29, 1.82) is 0 Å². The number of carbonyl (C=O) groups excluding carboxylic acids is 1. The van der Waals surface area contributed by atoms with Gasteiger partial charge in [0.1, 0.15) is 0 Å². The maximum absolute atomic E-state index is 12.4. The summed E-state index contributed by atoms with van der Waals surface area (Å²) in [7, 11) is 6.39. The van der Waals surface area contributed by atoms with E-state index in [0.29, 0.717) is 12.5 Å². The van der Waals surface area contributed by atoms with Crippen LogP contribution in [0, 0.1) is 11.8 Å². The topological polar surface area (TPSA) is 23.6 Å². The molecule has 0 radical (unpaired) electrons. The van der Waals surface area contributed by atoms with E-state index in [0.717, 1.165) is 17.9 Å². The lowest BCUT2D eigenvalue weighted by molar-refractivity contribution is -0.131. The van der Waals surface area contributed by atoms with Crippen LogP contribution in [0.15, 0.2) is 17.5 Å². The summed E-state index contributed by atoms with van der Waals surface area (Å²) >= 11 is 1.68. The predicted molar refractivity (Wildman–Crippen MR) is 87.5 cm³/mol. The fourth-order valence-corrected chi connectivity index (χ4v) is 4.88. The van der Waals surface area contributed by atoms with Gasteiger partial charge in [0, 0.05) is 24.0 Å². The second-order valence-corrected chi connectivity index (χ2v) is 8.03. The fourth-order valence-electron chi connectivity index (χ4n) is 4.18. The first-order chi connectivity index (χ1) is 10.0. The monoisotopic (exact) mass is 306 g/mol. The van der Waals surface area contributed by atoms with Crippen LogP contribution in [0.5, 0.6) is 0 Å². The lowest BCUT2D eigenvalue weighted by atomic mass is 10.0. The van der Waals surface area contributed by atoms with E-state index in [1.165, 1.54) is 30.6 Å². The van der Waals surface area contributed by atoms with Crippen LogP contribution in [0.25, 0.3) is 0 Å². The second-order valence-electron chi connectivity index (χ2n) is 7.00. The minimum absolute atomic E-state index is 0.284. The van der Waals surface area contributed by atoms with E-state index >= 15 is 0 Å². The molecule has 0 spiro atoms. The number of thiophene rings is 1. The van der Waals surface area contributed by atoms with Gasteiger partial charge < -0.3 is 9.80 Å². The molecule has 1 aromatic rings. The maximum atomic E-state index is 12.4. The van der Waals surface area contributed by atoms with E-state index in [2.05, 4.69) is 25.1 Å². The number of nitrogens with zero attached hydrogens (tertiary/aromatic N) is 2. The highest BCUT2D eigenvalue weighted by atomic mass is 32.1. The van der Waals surface area contributed by atoms with Gasteiger partial charge in [0.25, 0.3) is 0 Å². The third-order valence-corrected chi connectivity index (χ3v) is 6.42. The van der Waals surface area contributed by atoms with Crippen molar-refractivity contribution in [1.82, 2.24) is 9.80 Å². The lowest BCUT2D eigenvalue weighted by Gasteiger charge is -2.27. The molecule has 3 nitrogen and oxygen atoms in total. The zero-order valence-corrected chi connectivity index (χ0v) is 14.1. The van der Waals surface area contributed by atoms with Crippen molar-refractivity contribution >= 4 is 17.2 Å². The average Bonchev–Trinajstić information content (AvgIpc) is 3.11. The first-order valence-corrected chi connectivity index (χ1v) is 8.87. The molecule has 1 amide bonds. The standard InChI is InChI=1S/C17H26N2OS/c1-18(2)14-7-12-9-15(10-13(12)8-14)19(3)17(20)11-16-5-4-6-21-16/h4-6,12-15H,7-11H2,1-3H3/t12-,13+,14?,15?. The molecule has 3 rings (SSSR count). The first kappa shape index (κ1) is 15.0. The zero-order valence-electron chi connectivity index (χ0n) is 13.3. The van der Waals surface area contributed by atoms with Gasteiger partial charge in [-0.1, -0.05) is 6.07 Å². The third kappa shape index (κ3) is 3.16. The molecule has 2 aliphatic carbocycles. The van der Waals surface area contributed by atoms with Crippen molar-refractivity contribution in [3.63, 3.8) is 0 Å². The summed E-state index contributed by atoms with van der Waals surface area (Å²) in [6, 6.07) is 5.31. The Bertz CT molecular complexity index is 471. The molecule has 0 aromatic carbocycles. The van der Waals surface area contributed by atoms with Crippen LogP contribution in [0.2, 0.25) is 0 Å². The molecule has 0 saturated heterocycles.